The maximum Gasteiger partial charge on any atom is 0.276 e. The highest BCUT2D eigenvalue weighted by molar-refractivity contribution is 5.91. The van der Waals surface area contributed by atoms with Crippen molar-refractivity contribution >= 4 is 5.91 Å². The lowest BCUT2D eigenvalue weighted by molar-refractivity contribution is 0.0778. The average molecular weight is 290 g/mol. The first-order valence-corrected chi connectivity index (χ1v) is 6.86. The molecule has 1 aliphatic rings. The summed E-state index contributed by atoms with van der Waals surface area (Å²) in [6.45, 7) is 5.88. The molecule has 0 atom stereocenters. The Balaban J connectivity index is 1.70. The van der Waals surface area contributed by atoms with Crippen molar-refractivity contribution in [2.75, 3.05) is 20.1 Å². The van der Waals surface area contributed by atoms with Crippen molar-refractivity contribution in [1.29, 1.82) is 0 Å². The van der Waals surface area contributed by atoms with Crippen molar-refractivity contribution in [2.45, 2.75) is 26.4 Å². The van der Waals surface area contributed by atoms with Crippen molar-refractivity contribution in [2.24, 2.45) is 0 Å². The van der Waals surface area contributed by atoms with Gasteiger partial charge in [0.05, 0.1) is 24.5 Å². The number of rotatable bonds is 4. The van der Waals surface area contributed by atoms with Gasteiger partial charge in [-0.15, -0.1) is 5.10 Å². The zero-order valence-corrected chi connectivity index (χ0v) is 12.3. The molecule has 2 aromatic heterocycles. The minimum absolute atomic E-state index is 0.159. The number of hydrogen-bond donors (Lipinski definition) is 1. The number of aryl methyl sites for hydroxylation is 2. The predicted octanol–water partition coefficient (Wildman–Crippen LogP) is 0.299. The standard InChI is InChI=1S/C13H18N6O2/c1-8-11(9(2)21-16-8)6-18(3)13(20)12-7-19(17-15-12)10-4-14-5-10/h7,10,14H,4-6H2,1-3H3. The van der Waals surface area contributed by atoms with E-state index in [2.05, 4.69) is 20.8 Å². The Labute approximate surface area is 122 Å². The summed E-state index contributed by atoms with van der Waals surface area (Å²) in [6.07, 6.45) is 1.71. The molecule has 1 fully saturated rings. The molecule has 8 nitrogen and oxygen atoms in total. The second-order valence-corrected chi connectivity index (χ2v) is 5.36. The largest absolute Gasteiger partial charge is 0.361 e. The van der Waals surface area contributed by atoms with Gasteiger partial charge < -0.3 is 14.7 Å². The van der Waals surface area contributed by atoms with Crippen LogP contribution >= 0.6 is 0 Å². The van der Waals surface area contributed by atoms with Crippen molar-refractivity contribution in [3.05, 3.63) is 28.9 Å². The second-order valence-electron chi connectivity index (χ2n) is 5.36. The van der Waals surface area contributed by atoms with Gasteiger partial charge in [-0.3, -0.25) is 4.79 Å². The Bertz CT molecular complexity index is 638. The van der Waals surface area contributed by atoms with Crippen LogP contribution in [0.5, 0.6) is 0 Å². The SMILES string of the molecule is Cc1noc(C)c1CN(C)C(=O)c1cn(C2CNC2)nn1. The molecule has 3 rings (SSSR count). The molecule has 0 bridgehead atoms. The van der Waals surface area contributed by atoms with Crippen LogP contribution in [0.2, 0.25) is 0 Å². The maximum atomic E-state index is 12.4. The molecular formula is C13H18N6O2. The quantitative estimate of drug-likeness (QED) is 0.871. The van der Waals surface area contributed by atoms with Gasteiger partial charge in [0.15, 0.2) is 5.69 Å². The number of carbonyl (C=O) groups is 1. The normalized spacial score (nSPS) is 15.0. The van der Waals surface area contributed by atoms with E-state index in [4.69, 9.17) is 4.52 Å². The first-order valence-electron chi connectivity index (χ1n) is 6.86. The fourth-order valence-electron chi connectivity index (χ4n) is 2.25. The predicted molar refractivity (Wildman–Crippen MR) is 73.7 cm³/mol. The highest BCUT2D eigenvalue weighted by Gasteiger charge is 2.23. The molecule has 0 unspecified atom stereocenters. The highest BCUT2D eigenvalue weighted by atomic mass is 16.5. The van der Waals surface area contributed by atoms with E-state index < -0.39 is 0 Å². The van der Waals surface area contributed by atoms with Crippen LogP contribution in [0.25, 0.3) is 0 Å². The van der Waals surface area contributed by atoms with Gasteiger partial charge in [-0.05, 0) is 13.8 Å². The summed E-state index contributed by atoms with van der Waals surface area (Å²) in [5.41, 5.74) is 2.09. The summed E-state index contributed by atoms with van der Waals surface area (Å²) >= 11 is 0. The Hall–Kier alpha value is -2.22. The van der Waals surface area contributed by atoms with Crippen molar-refractivity contribution in [1.82, 2.24) is 30.4 Å². The van der Waals surface area contributed by atoms with E-state index in [0.29, 0.717) is 18.3 Å². The molecule has 0 aromatic carbocycles. The number of nitrogens with zero attached hydrogens (tertiary/aromatic N) is 5. The van der Waals surface area contributed by atoms with Crippen LogP contribution in [0.3, 0.4) is 0 Å². The summed E-state index contributed by atoms with van der Waals surface area (Å²) in [7, 11) is 1.73. The fraction of sp³-hybridized carbons (Fsp3) is 0.538. The molecule has 2 aromatic rings. The highest BCUT2D eigenvalue weighted by Crippen LogP contribution is 2.16. The molecule has 112 valence electrons. The first kappa shape index (κ1) is 13.7. The first-order chi connectivity index (χ1) is 10.1. The molecule has 8 heteroatoms. The van der Waals surface area contributed by atoms with Crippen molar-refractivity contribution in [3.63, 3.8) is 0 Å². The van der Waals surface area contributed by atoms with E-state index in [9.17, 15) is 4.79 Å². The topological polar surface area (TPSA) is 89.1 Å². The Morgan fingerprint density at radius 3 is 2.86 bits per heavy atom. The number of nitrogens with one attached hydrogen (secondary N) is 1. The van der Waals surface area contributed by atoms with E-state index in [1.54, 1.807) is 22.8 Å². The van der Waals surface area contributed by atoms with E-state index in [1.165, 1.54) is 0 Å². The van der Waals surface area contributed by atoms with E-state index >= 15 is 0 Å². The van der Waals surface area contributed by atoms with Crippen molar-refractivity contribution in [3.8, 4) is 0 Å². The van der Waals surface area contributed by atoms with Gasteiger partial charge in [0.1, 0.15) is 5.76 Å². The van der Waals surface area contributed by atoms with Gasteiger partial charge in [0.2, 0.25) is 0 Å². The summed E-state index contributed by atoms with van der Waals surface area (Å²) in [5.74, 6) is 0.574. The third kappa shape index (κ3) is 2.54. The summed E-state index contributed by atoms with van der Waals surface area (Å²) < 4.78 is 6.86. The van der Waals surface area contributed by atoms with E-state index in [0.717, 1.165) is 30.1 Å². The van der Waals surface area contributed by atoms with Crippen LogP contribution in [-0.4, -0.2) is 51.1 Å². The third-order valence-corrected chi connectivity index (χ3v) is 3.79. The lowest BCUT2D eigenvalue weighted by Crippen LogP contribution is -2.43. The number of aromatic nitrogens is 4. The van der Waals surface area contributed by atoms with E-state index in [-0.39, 0.29) is 5.91 Å². The molecule has 1 amide bonds. The summed E-state index contributed by atoms with van der Waals surface area (Å²) in [5, 5.41) is 15.0. The molecule has 1 aliphatic heterocycles. The molecule has 1 N–H and O–H groups in total. The summed E-state index contributed by atoms with van der Waals surface area (Å²) in [6, 6.07) is 0.298. The smallest absolute Gasteiger partial charge is 0.276 e. The Morgan fingerprint density at radius 2 is 2.29 bits per heavy atom. The maximum absolute atomic E-state index is 12.4. The van der Waals surface area contributed by atoms with Gasteiger partial charge in [-0.2, -0.15) is 0 Å². The number of carbonyl (C=O) groups excluding carboxylic acids is 1. The number of hydrogen-bond acceptors (Lipinski definition) is 6. The minimum atomic E-state index is -0.159. The van der Waals surface area contributed by atoms with Gasteiger partial charge in [-0.25, -0.2) is 4.68 Å². The molecule has 21 heavy (non-hydrogen) atoms. The third-order valence-electron chi connectivity index (χ3n) is 3.79. The van der Waals surface area contributed by atoms with E-state index in [1.807, 2.05) is 13.8 Å². The van der Waals surface area contributed by atoms with Gasteiger partial charge in [0.25, 0.3) is 5.91 Å². The van der Waals surface area contributed by atoms with Gasteiger partial charge >= 0.3 is 0 Å². The molecule has 0 radical (unpaired) electrons. The van der Waals surface area contributed by atoms with Crippen LogP contribution < -0.4 is 5.32 Å². The van der Waals surface area contributed by atoms with Crippen LogP contribution in [0.1, 0.15) is 33.5 Å². The molecular weight excluding hydrogens is 272 g/mol. The molecule has 0 saturated carbocycles. The zero-order valence-electron chi connectivity index (χ0n) is 12.3. The fourth-order valence-corrected chi connectivity index (χ4v) is 2.25. The van der Waals surface area contributed by atoms with Gasteiger partial charge in [0, 0.05) is 25.7 Å². The van der Waals surface area contributed by atoms with Crippen LogP contribution in [0.15, 0.2) is 10.7 Å². The van der Waals surface area contributed by atoms with Gasteiger partial charge in [-0.1, -0.05) is 10.4 Å². The Morgan fingerprint density at radius 1 is 1.52 bits per heavy atom. The van der Waals surface area contributed by atoms with Crippen LogP contribution in [0.4, 0.5) is 0 Å². The lowest BCUT2D eigenvalue weighted by Gasteiger charge is -2.26. The monoisotopic (exact) mass is 290 g/mol. The molecule has 0 spiro atoms. The Kier molecular flexibility index (Phi) is 3.46. The number of amides is 1. The lowest BCUT2D eigenvalue weighted by atomic mass is 10.2. The molecule has 1 saturated heterocycles. The molecule has 3 heterocycles. The van der Waals surface area contributed by atoms with Crippen LogP contribution in [-0.2, 0) is 6.54 Å². The average Bonchev–Trinajstić information content (AvgIpc) is 2.98. The summed E-state index contributed by atoms with van der Waals surface area (Å²) in [4.78, 5) is 14.0. The molecule has 0 aliphatic carbocycles. The van der Waals surface area contributed by atoms with Crippen molar-refractivity contribution < 1.29 is 9.32 Å². The van der Waals surface area contributed by atoms with Crippen LogP contribution in [0, 0.1) is 13.8 Å². The minimum Gasteiger partial charge on any atom is -0.361 e. The zero-order chi connectivity index (χ0) is 15.0. The second kappa shape index (κ2) is 5.28.